The lowest BCUT2D eigenvalue weighted by atomic mass is 9.82. The Labute approximate surface area is 159 Å². The van der Waals surface area contributed by atoms with Crippen LogP contribution in [0.5, 0.6) is 17.2 Å². The third-order valence-corrected chi connectivity index (χ3v) is 4.80. The predicted molar refractivity (Wildman–Crippen MR) is 101 cm³/mol. The van der Waals surface area contributed by atoms with Crippen LogP contribution in [0.3, 0.4) is 0 Å². The number of fused-ring (bicyclic) bond motifs is 3. The van der Waals surface area contributed by atoms with Crippen molar-refractivity contribution < 1.29 is 19.0 Å². The molecule has 140 valence electrons. The van der Waals surface area contributed by atoms with E-state index in [2.05, 4.69) is 6.07 Å². The lowest BCUT2D eigenvalue weighted by Crippen LogP contribution is -2.21. The second-order valence-corrected chi connectivity index (χ2v) is 6.46. The van der Waals surface area contributed by atoms with Gasteiger partial charge in [-0.2, -0.15) is 5.26 Å². The van der Waals surface area contributed by atoms with E-state index < -0.39 is 11.5 Å². The van der Waals surface area contributed by atoms with Crippen LogP contribution in [0.25, 0.3) is 11.0 Å². The third-order valence-electron chi connectivity index (χ3n) is 4.80. The lowest BCUT2D eigenvalue weighted by molar-refractivity contribution is 0.384. The summed E-state index contributed by atoms with van der Waals surface area (Å²) in [5, 5.41) is 21.0. The second kappa shape index (κ2) is 6.35. The van der Waals surface area contributed by atoms with Gasteiger partial charge in [0.05, 0.1) is 24.0 Å². The van der Waals surface area contributed by atoms with E-state index in [0.717, 1.165) is 0 Å². The summed E-state index contributed by atoms with van der Waals surface area (Å²) in [6.45, 7) is 1.74. The molecule has 28 heavy (non-hydrogen) atoms. The van der Waals surface area contributed by atoms with Crippen LogP contribution < -0.4 is 20.8 Å². The maximum absolute atomic E-state index is 11.7. The Morgan fingerprint density at radius 2 is 2.07 bits per heavy atom. The summed E-state index contributed by atoms with van der Waals surface area (Å²) in [5.41, 5.74) is 7.56. The molecule has 3 N–H and O–H groups in total. The van der Waals surface area contributed by atoms with Gasteiger partial charge in [-0.1, -0.05) is 12.1 Å². The number of ether oxygens (including phenoxy) is 2. The first-order valence-corrected chi connectivity index (χ1v) is 8.46. The number of hydrogen-bond acceptors (Lipinski definition) is 7. The highest BCUT2D eigenvalue weighted by molar-refractivity contribution is 5.91. The SMILES string of the molecule is COc1cccc([C@H]2C(C#N)=C(N)Oc3c2c(O)cc2oc(=O)cc(C)c32)c1. The number of phenols is 1. The molecule has 0 amide bonds. The molecule has 1 atom stereocenters. The average molecular weight is 376 g/mol. The van der Waals surface area contributed by atoms with Crippen molar-refractivity contribution in [2.24, 2.45) is 5.73 Å². The molecule has 1 aliphatic heterocycles. The van der Waals surface area contributed by atoms with E-state index in [1.54, 1.807) is 32.2 Å². The van der Waals surface area contributed by atoms with Crippen LogP contribution in [-0.2, 0) is 0 Å². The summed E-state index contributed by atoms with van der Waals surface area (Å²) in [5.74, 6) is -0.0337. The molecule has 2 heterocycles. The molecule has 7 heteroatoms. The summed E-state index contributed by atoms with van der Waals surface area (Å²) >= 11 is 0. The molecular formula is C21H16N2O5. The summed E-state index contributed by atoms with van der Waals surface area (Å²) in [7, 11) is 1.54. The van der Waals surface area contributed by atoms with E-state index in [1.165, 1.54) is 12.1 Å². The van der Waals surface area contributed by atoms with E-state index in [-0.39, 0.29) is 28.5 Å². The van der Waals surface area contributed by atoms with Crippen molar-refractivity contribution in [3.63, 3.8) is 0 Å². The molecule has 2 aromatic carbocycles. The molecule has 1 aliphatic rings. The molecule has 1 aromatic heterocycles. The van der Waals surface area contributed by atoms with Crippen molar-refractivity contribution in [2.45, 2.75) is 12.8 Å². The lowest BCUT2D eigenvalue weighted by Gasteiger charge is -2.28. The van der Waals surface area contributed by atoms with Crippen LogP contribution in [0.2, 0.25) is 0 Å². The highest BCUT2D eigenvalue weighted by atomic mass is 16.5. The Morgan fingerprint density at radius 1 is 1.29 bits per heavy atom. The maximum atomic E-state index is 11.7. The van der Waals surface area contributed by atoms with Crippen molar-refractivity contribution in [1.29, 1.82) is 5.26 Å². The summed E-state index contributed by atoms with van der Waals surface area (Å²) in [6.07, 6.45) is 0. The Bertz CT molecular complexity index is 1250. The van der Waals surface area contributed by atoms with E-state index in [1.807, 2.05) is 6.07 Å². The molecule has 0 bridgehead atoms. The van der Waals surface area contributed by atoms with Gasteiger partial charge in [-0.15, -0.1) is 0 Å². The van der Waals surface area contributed by atoms with Crippen molar-refractivity contribution in [3.8, 4) is 23.3 Å². The van der Waals surface area contributed by atoms with Gasteiger partial charge in [0.1, 0.15) is 34.5 Å². The first kappa shape index (κ1) is 17.5. The zero-order valence-electron chi connectivity index (χ0n) is 15.1. The quantitative estimate of drug-likeness (QED) is 0.660. The smallest absolute Gasteiger partial charge is 0.336 e. The molecule has 3 aromatic rings. The topological polar surface area (TPSA) is 119 Å². The minimum atomic E-state index is -0.667. The molecule has 0 unspecified atom stereocenters. The van der Waals surface area contributed by atoms with Crippen molar-refractivity contribution >= 4 is 11.0 Å². The number of methoxy groups -OCH3 is 1. The monoisotopic (exact) mass is 376 g/mol. The molecule has 4 rings (SSSR count). The minimum absolute atomic E-state index is 0.0691. The van der Waals surface area contributed by atoms with Crippen LogP contribution in [0.15, 0.2) is 57.1 Å². The molecule has 0 saturated carbocycles. The molecule has 0 fully saturated rings. The first-order valence-electron chi connectivity index (χ1n) is 8.46. The van der Waals surface area contributed by atoms with E-state index in [0.29, 0.717) is 27.8 Å². The van der Waals surface area contributed by atoms with Crippen LogP contribution >= 0.6 is 0 Å². The third kappa shape index (κ3) is 2.55. The Balaban J connectivity index is 2.10. The van der Waals surface area contributed by atoms with Crippen LogP contribution in [0.4, 0.5) is 0 Å². The maximum Gasteiger partial charge on any atom is 0.336 e. The number of nitrogens with two attached hydrogens (primary N) is 1. The Kier molecular flexibility index (Phi) is 3.97. The summed E-state index contributed by atoms with van der Waals surface area (Å²) in [6, 6.07) is 11.9. The number of allylic oxidation sites excluding steroid dienone is 1. The summed E-state index contributed by atoms with van der Waals surface area (Å²) in [4.78, 5) is 11.7. The second-order valence-electron chi connectivity index (χ2n) is 6.46. The van der Waals surface area contributed by atoms with Gasteiger partial charge >= 0.3 is 5.63 Å². The molecular weight excluding hydrogens is 360 g/mol. The van der Waals surface area contributed by atoms with E-state index in [4.69, 9.17) is 19.6 Å². The fourth-order valence-electron chi connectivity index (χ4n) is 3.59. The first-order chi connectivity index (χ1) is 13.4. The minimum Gasteiger partial charge on any atom is -0.507 e. The van der Waals surface area contributed by atoms with Gasteiger partial charge in [-0.3, -0.25) is 0 Å². The van der Waals surface area contributed by atoms with E-state index >= 15 is 0 Å². The normalized spacial score (nSPS) is 15.7. The van der Waals surface area contributed by atoms with Gasteiger partial charge in [0.2, 0.25) is 5.88 Å². The molecule has 0 spiro atoms. The van der Waals surface area contributed by atoms with Gasteiger partial charge in [0.15, 0.2) is 0 Å². The molecule has 0 saturated heterocycles. The van der Waals surface area contributed by atoms with Crippen molar-refractivity contribution in [1.82, 2.24) is 0 Å². The van der Waals surface area contributed by atoms with Crippen molar-refractivity contribution in [2.75, 3.05) is 7.11 Å². The zero-order chi connectivity index (χ0) is 20.0. The van der Waals surface area contributed by atoms with Crippen LogP contribution in [-0.4, -0.2) is 12.2 Å². The average Bonchev–Trinajstić information content (AvgIpc) is 2.66. The largest absolute Gasteiger partial charge is 0.507 e. The van der Waals surface area contributed by atoms with Crippen LogP contribution in [0, 0.1) is 18.3 Å². The van der Waals surface area contributed by atoms with Gasteiger partial charge in [-0.25, -0.2) is 4.79 Å². The predicted octanol–water partition coefficient (Wildman–Crippen LogP) is 3.03. The molecule has 7 nitrogen and oxygen atoms in total. The van der Waals surface area contributed by atoms with E-state index in [9.17, 15) is 15.2 Å². The number of aryl methyl sites for hydroxylation is 1. The number of nitriles is 1. The Hall–Kier alpha value is -3.92. The summed E-state index contributed by atoms with van der Waals surface area (Å²) < 4.78 is 16.2. The number of aromatic hydroxyl groups is 1. The Morgan fingerprint density at radius 3 is 2.79 bits per heavy atom. The molecule has 0 aliphatic carbocycles. The van der Waals surface area contributed by atoms with Gasteiger partial charge < -0.3 is 24.7 Å². The van der Waals surface area contributed by atoms with Crippen LogP contribution in [0.1, 0.15) is 22.6 Å². The van der Waals surface area contributed by atoms with Gasteiger partial charge in [0.25, 0.3) is 0 Å². The van der Waals surface area contributed by atoms with Gasteiger partial charge in [0, 0.05) is 12.1 Å². The highest BCUT2D eigenvalue weighted by Gasteiger charge is 2.35. The van der Waals surface area contributed by atoms with Crippen molar-refractivity contribution in [3.05, 3.63) is 75.0 Å². The zero-order valence-corrected chi connectivity index (χ0v) is 15.1. The fraction of sp³-hybridized carbons (Fsp3) is 0.143. The number of phenolic OH excluding ortho intramolecular Hbond substituents is 1. The fourth-order valence-corrected chi connectivity index (χ4v) is 3.59. The van der Waals surface area contributed by atoms with Gasteiger partial charge in [-0.05, 0) is 30.2 Å². The number of rotatable bonds is 2. The number of benzene rings is 2. The number of hydrogen-bond donors (Lipinski definition) is 2. The highest BCUT2D eigenvalue weighted by Crippen LogP contribution is 2.50. The standard InChI is InChI=1S/C21H16N2O5/c1-10-6-16(25)27-15-8-14(24)19-18(11-4-3-5-12(7-11)26-2)13(9-22)21(23)28-20(19)17(10)15/h3-8,18,24H,23H2,1-2H3/t18-/m0/s1. The number of nitrogens with zero attached hydrogens (tertiary/aromatic N) is 1. The molecule has 0 radical (unpaired) electrons.